The summed E-state index contributed by atoms with van der Waals surface area (Å²) in [4.78, 5) is 108. The maximum absolute atomic E-state index is 14.0. The van der Waals surface area contributed by atoms with E-state index >= 15 is 0 Å². The zero-order valence-electron chi connectivity index (χ0n) is 32.6. The number of nitrogens with zero attached hydrogens (tertiary/aromatic N) is 2. The molecule has 0 saturated carbocycles. The number of hydrogen-bond donors (Lipinski definition) is 7. The fourth-order valence-corrected chi connectivity index (χ4v) is 6.94. The van der Waals surface area contributed by atoms with E-state index in [0.29, 0.717) is 31.2 Å². The van der Waals surface area contributed by atoms with E-state index in [-0.39, 0.29) is 25.9 Å². The van der Waals surface area contributed by atoms with Crippen LogP contribution >= 0.6 is 0 Å². The van der Waals surface area contributed by atoms with Crippen LogP contribution in [0.25, 0.3) is 0 Å². The molecule has 3 rings (SSSR count). The van der Waals surface area contributed by atoms with Gasteiger partial charge in [0.1, 0.15) is 36.3 Å². The van der Waals surface area contributed by atoms with Crippen molar-refractivity contribution in [1.29, 1.82) is 0 Å². The fourth-order valence-electron chi connectivity index (χ4n) is 6.94. The van der Waals surface area contributed by atoms with Gasteiger partial charge in [0, 0.05) is 19.5 Å². The second-order valence-corrected chi connectivity index (χ2v) is 15.4. The largest absolute Gasteiger partial charge is 0.480 e. The first-order chi connectivity index (χ1) is 25.8. The fraction of sp³-hybridized carbons (Fsp3) is 0.632. The molecule has 0 radical (unpaired) electrons. The minimum atomic E-state index is -1.22. The van der Waals surface area contributed by atoms with Crippen molar-refractivity contribution in [2.75, 3.05) is 13.1 Å². The highest BCUT2D eigenvalue weighted by Gasteiger charge is 2.42. The minimum absolute atomic E-state index is 0.0533. The first-order valence-electron chi connectivity index (χ1n) is 19.0. The quantitative estimate of drug-likeness (QED) is 0.0998. The van der Waals surface area contributed by atoms with Gasteiger partial charge in [0.2, 0.25) is 41.4 Å². The van der Waals surface area contributed by atoms with Gasteiger partial charge in [-0.2, -0.15) is 0 Å². The van der Waals surface area contributed by atoms with E-state index in [4.69, 9.17) is 11.5 Å². The van der Waals surface area contributed by atoms with Crippen LogP contribution in [0.15, 0.2) is 30.3 Å². The number of likely N-dealkylation sites (tertiary alicyclic amines) is 2. The molecule has 1 aromatic carbocycles. The van der Waals surface area contributed by atoms with Crippen LogP contribution in [0.1, 0.15) is 79.2 Å². The minimum Gasteiger partial charge on any atom is -0.480 e. The average Bonchev–Trinajstić information content (AvgIpc) is 3.81. The van der Waals surface area contributed by atoms with Crippen LogP contribution in [0.2, 0.25) is 0 Å². The SMILES string of the molecule is CC(C)C(NC(=O)C1CCCN1C(=O)C(NC(=O)C(NC(=O)C(Cc1ccccc1)NC(=O)C1CCCN1C(=O)C(N)CC(N)=O)C(C)C)C(C)C)C(=O)O. The molecule has 55 heavy (non-hydrogen) atoms. The van der Waals surface area contributed by atoms with Crippen molar-refractivity contribution in [1.82, 2.24) is 31.1 Å². The molecule has 2 heterocycles. The molecule has 1 aromatic rings. The van der Waals surface area contributed by atoms with Crippen molar-refractivity contribution in [2.45, 2.75) is 122 Å². The number of benzene rings is 1. The second-order valence-electron chi connectivity index (χ2n) is 15.4. The van der Waals surface area contributed by atoms with Gasteiger partial charge in [0.05, 0.1) is 12.5 Å². The number of amides is 7. The van der Waals surface area contributed by atoms with Crippen LogP contribution in [0.3, 0.4) is 0 Å². The Morgan fingerprint density at radius 1 is 0.691 bits per heavy atom. The predicted octanol–water partition coefficient (Wildman–Crippen LogP) is -0.594. The van der Waals surface area contributed by atoms with Gasteiger partial charge in [-0.05, 0) is 49.0 Å². The van der Waals surface area contributed by atoms with Gasteiger partial charge in [0.25, 0.3) is 0 Å². The Hall–Kier alpha value is -5.06. The number of aliphatic carboxylic acids is 1. The Morgan fingerprint density at radius 2 is 1.18 bits per heavy atom. The summed E-state index contributed by atoms with van der Waals surface area (Å²) in [5.41, 5.74) is 11.8. The number of hydrogen-bond acceptors (Lipinski definition) is 9. The van der Waals surface area contributed by atoms with Gasteiger partial charge in [-0.3, -0.25) is 33.6 Å². The maximum atomic E-state index is 14.0. The van der Waals surface area contributed by atoms with Crippen LogP contribution in [0, 0.1) is 17.8 Å². The maximum Gasteiger partial charge on any atom is 0.326 e. The zero-order valence-corrected chi connectivity index (χ0v) is 32.6. The summed E-state index contributed by atoms with van der Waals surface area (Å²) < 4.78 is 0. The molecule has 0 spiro atoms. The molecule has 0 aromatic heterocycles. The molecule has 7 atom stereocenters. The summed E-state index contributed by atoms with van der Waals surface area (Å²) in [7, 11) is 0. The van der Waals surface area contributed by atoms with Crippen LogP contribution in [-0.2, 0) is 44.8 Å². The van der Waals surface area contributed by atoms with Crippen molar-refractivity contribution < 1.29 is 43.5 Å². The predicted molar refractivity (Wildman–Crippen MR) is 201 cm³/mol. The molecule has 2 saturated heterocycles. The van der Waals surface area contributed by atoms with Crippen molar-refractivity contribution in [3.63, 3.8) is 0 Å². The lowest BCUT2D eigenvalue weighted by atomic mass is 9.98. The van der Waals surface area contributed by atoms with Crippen molar-refractivity contribution in [3.05, 3.63) is 35.9 Å². The summed E-state index contributed by atoms with van der Waals surface area (Å²) in [6, 6.07) is 1.30. The number of carbonyl (C=O) groups excluding carboxylic acids is 7. The number of rotatable bonds is 18. The second kappa shape index (κ2) is 20.0. The lowest BCUT2D eigenvalue weighted by Gasteiger charge is -2.33. The summed E-state index contributed by atoms with van der Waals surface area (Å²) in [5.74, 6) is -6.84. The number of carbonyl (C=O) groups is 8. The van der Waals surface area contributed by atoms with Gasteiger partial charge < -0.3 is 47.6 Å². The van der Waals surface area contributed by atoms with E-state index in [9.17, 15) is 43.5 Å². The van der Waals surface area contributed by atoms with E-state index in [2.05, 4.69) is 21.3 Å². The average molecular weight is 771 g/mol. The molecule has 0 bridgehead atoms. The van der Waals surface area contributed by atoms with Gasteiger partial charge in [-0.15, -0.1) is 0 Å². The first-order valence-corrected chi connectivity index (χ1v) is 19.0. The topological polar surface area (TPSA) is 263 Å². The van der Waals surface area contributed by atoms with Gasteiger partial charge >= 0.3 is 5.97 Å². The van der Waals surface area contributed by atoms with E-state index in [0.717, 1.165) is 0 Å². The third-order valence-electron chi connectivity index (χ3n) is 10.0. The molecule has 9 N–H and O–H groups in total. The molecule has 17 nitrogen and oxygen atoms in total. The van der Waals surface area contributed by atoms with Crippen LogP contribution in [0.4, 0.5) is 0 Å². The summed E-state index contributed by atoms with van der Waals surface area (Å²) in [6.45, 7) is 10.7. The molecule has 7 unspecified atom stereocenters. The van der Waals surface area contributed by atoms with E-state index < -0.39 is 107 Å². The molecule has 2 aliphatic heterocycles. The van der Waals surface area contributed by atoms with E-state index in [1.807, 2.05) is 0 Å². The third kappa shape index (κ3) is 12.0. The number of carboxylic acids is 1. The van der Waals surface area contributed by atoms with E-state index in [1.54, 1.807) is 71.9 Å². The lowest BCUT2D eigenvalue weighted by Crippen LogP contribution is -2.61. The highest BCUT2D eigenvalue weighted by Crippen LogP contribution is 2.22. The Balaban J connectivity index is 1.79. The first kappa shape index (κ1) is 44.3. The molecule has 0 aliphatic carbocycles. The van der Waals surface area contributed by atoms with Crippen molar-refractivity contribution in [3.8, 4) is 0 Å². The van der Waals surface area contributed by atoms with Crippen molar-refractivity contribution in [2.24, 2.45) is 29.2 Å². The van der Waals surface area contributed by atoms with Crippen LogP contribution in [0.5, 0.6) is 0 Å². The third-order valence-corrected chi connectivity index (χ3v) is 10.0. The summed E-state index contributed by atoms with van der Waals surface area (Å²) in [5, 5.41) is 20.4. The van der Waals surface area contributed by atoms with Crippen LogP contribution < -0.4 is 32.7 Å². The molecular formula is C38H58N8O9. The van der Waals surface area contributed by atoms with Gasteiger partial charge in [-0.1, -0.05) is 71.9 Å². The Bertz CT molecular complexity index is 1570. The zero-order chi connectivity index (χ0) is 41.1. The van der Waals surface area contributed by atoms with E-state index in [1.165, 1.54) is 9.80 Å². The highest BCUT2D eigenvalue weighted by atomic mass is 16.4. The number of nitrogens with two attached hydrogens (primary N) is 2. The highest BCUT2D eigenvalue weighted by molar-refractivity contribution is 5.98. The Labute approximate surface area is 322 Å². The lowest BCUT2D eigenvalue weighted by molar-refractivity contribution is -0.146. The Morgan fingerprint density at radius 3 is 1.67 bits per heavy atom. The molecule has 7 amide bonds. The standard InChI is InChI=1S/C38H58N8O9/c1-20(2)29(35(51)43-30(21(3)4)37(53)46-17-11-15-27(46)34(50)44-31(22(5)6)38(54)55)42-32(48)25(18-23-12-8-7-9-13-23)41-33(49)26-14-10-16-45(26)36(52)24(39)19-28(40)47/h7-9,12-13,20-22,24-27,29-31H,10-11,14-19,39H2,1-6H3,(H2,40,47)(H,41,49)(H,42,48)(H,43,51)(H,44,50)(H,54,55). The summed E-state index contributed by atoms with van der Waals surface area (Å²) >= 11 is 0. The number of carboxylic acid groups (broad SMARTS) is 1. The molecule has 2 fully saturated rings. The number of nitrogens with one attached hydrogen (secondary N) is 4. The normalized spacial score (nSPS) is 19.7. The van der Waals surface area contributed by atoms with Crippen molar-refractivity contribution >= 4 is 47.3 Å². The molecular weight excluding hydrogens is 712 g/mol. The van der Waals surface area contributed by atoms with Crippen LogP contribution in [-0.4, -0.2) is 118 Å². The monoisotopic (exact) mass is 770 g/mol. The van der Waals surface area contributed by atoms with Gasteiger partial charge in [-0.25, -0.2) is 4.79 Å². The summed E-state index contributed by atoms with van der Waals surface area (Å²) in [6.07, 6.45) is 1.31. The molecule has 17 heteroatoms. The smallest absolute Gasteiger partial charge is 0.326 e. The van der Waals surface area contributed by atoms with Gasteiger partial charge in [0.15, 0.2) is 0 Å². The Kier molecular flexibility index (Phi) is 16.1. The molecule has 2 aliphatic rings. The number of primary amides is 1. The molecule has 304 valence electrons.